The van der Waals surface area contributed by atoms with Crippen LogP contribution < -0.4 is 16.6 Å². The Kier molecular flexibility index (Phi) is 4.23. The van der Waals surface area contributed by atoms with Crippen LogP contribution >= 0.6 is 0 Å². The fraction of sp³-hybridized carbons (Fsp3) is 0.150. The van der Waals surface area contributed by atoms with Crippen molar-refractivity contribution in [2.45, 2.75) is 19.9 Å². The van der Waals surface area contributed by atoms with Crippen molar-refractivity contribution in [1.29, 1.82) is 0 Å². The number of amides is 1. The van der Waals surface area contributed by atoms with Gasteiger partial charge in [-0.1, -0.05) is 30.3 Å². The van der Waals surface area contributed by atoms with Crippen LogP contribution in [-0.4, -0.2) is 25.4 Å². The molecule has 1 atom stereocenters. The average Bonchev–Trinajstić information content (AvgIpc) is 2.67. The van der Waals surface area contributed by atoms with Crippen molar-refractivity contribution in [3.63, 3.8) is 0 Å². The predicted octanol–water partition coefficient (Wildman–Crippen LogP) is 2.20. The lowest BCUT2D eigenvalue weighted by atomic mass is 10.1. The first-order chi connectivity index (χ1) is 13.4. The summed E-state index contributed by atoms with van der Waals surface area (Å²) in [6, 6.07) is 13.8. The molecule has 0 saturated heterocycles. The number of rotatable bonds is 3. The maximum atomic E-state index is 13.0. The van der Waals surface area contributed by atoms with Gasteiger partial charge in [0, 0.05) is 12.6 Å². The molecule has 8 nitrogen and oxygen atoms in total. The molecule has 28 heavy (non-hydrogen) atoms. The number of benzene rings is 2. The Balaban J connectivity index is 1.91. The summed E-state index contributed by atoms with van der Waals surface area (Å²) in [5.41, 5.74) is 1.48. The quantitative estimate of drug-likeness (QED) is 0.534. The molecule has 4 rings (SSSR count). The SMILES string of the molecule is CC(=O)Nc1ccc2nc3c(=O)n(C(C)c4ccccc4)c(=O)[nH]c3nc2c1. The Morgan fingerprint density at radius 1 is 1.07 bits per heavy atom. The molecule has 0 aliphatic heterocycles. The molecule has 4 aromatic rings. The first-order valence-electron chi connectivity index (χ1n) is 8.73. The maximum absolute atomic E-state index is 13.0. The van der Waals surface area contributed by atoms with Gasteiger partial charge < -0.3 is 5.32 Å². The van der Waals surface area contributed by atoms with E-state index in [0.717, 1.165) is 10.1 Å². The Hall–Kier alpha value is -3.81. The molecule has 0 saturated carbocycles. The lowest BCUT2D eigenvalue weighted by Crippen LogP contribution is -2.38. The van der Waals surface area contributed by atoms with Crippen molar-refractivity contribution in [1.82, 2.24) is 19.5 Å². The zero-order chi connectivity index (χ0) is 19.8. The normalized spacial score (nSPS) is 12.2. The second kappa shape index (κ2) is 6.73. The van der Waals surface area contributed by atoms with Crippen LogP contribution in [0.1, 0.15) is 25.5 Å². The maximum Gasteiger partial charge on any atom is 0.330 e. The number of nitrogens with one attached hydrogen (secondary N) is 2. The number of nitrogens with zero attached hydrogens (tertiary/aromatic N) is 3. The smallest absolute Gasteiger partial charge is 0.326 e. The Bertz CT molecular complexity index is 1330. The summed E-state index contributed by atoms with van der Waals surface area (Å²) >= 11 is 0. The molecule has 140 valence electrons. The number of H-pyrrole nitrogens is 1. The van der Waals surface area contributed by atoms with Crippen molar-refractivity contribution < 1.29 is 4.79 Å². The van der Waals surface area contributed by atoms with Gasteiger partial charge in [-0.05, 0) is 30.7 Å². The molecule has 0 aliphatic carbocycles. The van der Waals surface area contributed by atoms with Gasteiger partial charge in [0.1, 0.15) is 0 Å². The summed E-state index contributed by atoms with van der Waals surface area (Å²) in [5, 5.41) is 2.67. The van der Waals surface area contributed by atoms with Gasteiger partial charge in [0.25, 0.3) is 5.56 Å². The van der Waals surface area contributed by atoms with Crippen LogP contribution in [0.25, 0.3) is 22.2 Å². The van der Waals surface area contributed by atoms with E-state index in [2.05, 4.69) is 20.3 Å². The Morgan fingerprint density at radius 3 is 2.54 bits per heavy atom. The third kappa shape index (κ3) is 3.05. The number of fused-ring (bicyclic) bond motifs is 2. The molecule has 1 amide bonds. The van der Waals surface area contributed by atoms with E-state index in [-0.39, 0.29) is 17.1 Å². The number of aromatic amines is 1. The molecule has 2 heterocycles. The van der Waals surface area contributed by atoms with E-state index < -0.39 is 17.3 Å². The number of hydrogen-bond acceptors (Lipinski definition) is 5. The van der Waals surface area contributed by atoms with Crippen LogP contribution in [0.5, 0.6) is 0 Å². The highest BCUT2D eigenvalue weighted by Crippen LogP contribution is 2.18. The van der Waals surface area contributed by atoms with Gasteiger partial charge in [0.2, 0.25) is 5.91 Å². The number of aromatic nitrogens is 4. The van der Waals surface area contributed by atoms with Crippen LogP contribution in [-0.2, 0) is 4.79 Å². The fourth-order valence-electron chi connectivity index (χ4n) is 3.17. The summed E-state index contributed by atoms with van der Waals surface area (Å²) in [5.74, 6) is -0.209. The second-order valence-corrected chi connectivity index (χ2v) is 6.50. The molecule has 2 aromatic carbocycles. The zero-order valence-electron chi connectivity index (χ0n) is 15.3. The second-order valence-electron chi connectivity index (χ2n) is 6.50. The van der Waals surface area contributed by atoms with Crippen molar-refractivity contribution in [3.05, 3.63) is 74.9 Å². The molecular weight excluding hydrogens is 358 g/mol. The number of anilines is 1. The lowest BCUT2D eigenvalue weighted by molar-refractivity contribution is -0.114. The molecule has 8 heteroatoms. The van der Waals surface area contributed by atoms with Crippen molar-refractivity contribution in [3.8, 4) is 0 Å². The van der Waals surface area contributed by atoms with Gasteiger partial charge in [-0.15, -0.1) is 0 Å². The molecule has 0 fully saturated rings. The van der Waals surface area contributed by atoms with Crippen molar-refractivity contribution >= 4 is 33.8 Å². The summed E-state index contributed by atoms with van der Waals surface area (Å²) in [7, 11) is 0. The van der Waals surface area contributed by atoms with E-state index in [9.17, 15) is 14.4 Å². The Labute approximate surface area is 158 Å². The van der Waals surface area contributed by atoms with Crippen LogP contribution in [0.3, 0.4) is 0 Å². The van der Waals surface area contributed by atoms with Crippen molar-refractivity contribution in [2.75, 3.05) is 5.32 Å². The number of hydrogen-bond donors (Lipinski definition) is 2. The van der Waals surface area contributed by atoms with Crippen LogP contribution in [0.15, 0.2) is 58.1 Å². The highest BCUT2D eigenvalue weighted by Gasteiger charge is 2.17. The summed E-state index contributed by atoms with van der Waals surface area (Å²) in [6.07, 6.45) is 0. The van der Waals surface area contributed by atoms with Crippen LogP contribution in [0, 0.1) is 0 Å². The zero-order valence-corrected chi connectivity index (χ0v) is 15.3. The number of carbonyl (C=O) groups excluding carboxylic acids is 1. The van der Waals surface area contributed by atoms with E-state index in [1.807, 2.05) is 30.3 Å². The third-order valence-corrected chi connectivity index (χ3v) is 4.52. The molecule has 0 spiro atoms. The van der Waals surface area contributed by atoms with E-state index in [0.29, 0.717) is 16.7 Å². The van der Waals surface area contributed by atoms with Gasteiger partial charge in [0.05, 0.1) is 17.1 Å². The average molecular weight is 375 g/mol. The van der Waals surface area contributed by atoms with Crippen molar-refractivity contribution in [2.24, 2.45) is 0 Å². The predicted molar refractivity (Wildman–Crippen MR) is 106 cm³/mol. The molecule has 0 radical (unpaired) electrons. The van der Waals surface area contributed by atoms with E-state index >= 15 is 0 Å². The van der Waals surface area contributed by atoms with Gasteiger partial charge in [-0.25, -0.2) is 14.8 Å². The highest BCUT2D eigenvalue weighted by atomic mass is 16.2. The largest absolute Gasteiger partial charge is 0.330 e. The minimum absolute atomic E-state index is 0.0853. The molecule has 2 N–H and O–H groups in total. The topological polar surface area (TPSA) is 110 Å². The first-order valence-corrected chi connectivity index (χ1v) is 8.73. The number of carbonyl (C=O) groups is 1. The molecular formula is C20H17N5O3. The molecule has 2 aromatic heterocycles. The summed E-state index contributed by atoms with van der Waals surface area (Å²) in [6.45, 7) is 3.19. The third-order valence-electron chi connectivity index (χ3n) is 4.52. The highest BCUT2D eigenvalue weighted by molar-refractivity contribution is 5.92. The molecule has 1 unspecified atom stereocenters. The minimum Gasteiger partial charge on any atom is -0.326 e. The van der Waals surface area contributed by atoms with Gasteiger partial charge in [-0.2, -0.15) is 0 Å². The van der Waals surface area contributed by atoms with Crippen LogP contribution in [0.4, 0.5) is 5.69 Å². The summed E-state index contributed by atoms with van der Waals surface area (Å²) < 4.78 is 1.14. The van der Waals surface area contributed by atoms with Gasteiger partial charge in [-0.3, -0.25) is 19.1 Å². The Morgan fingerprint density at radius 2 is 1.82 bits per heavy atom. The standard InChI is InChI=1S/C20H17N5O3/c1-11(13-6-4-3-5-7-13)25-19(27)17-18(24-20(25)28)23-16-10-14(21-12(2)26)8-9-15(16)22-17/h3-11H,1-2H3,(H,21,26)(H,23,24,28). The lowest BCUT2D eigenvalue weighted by Gasteiger charge is -2.14. The van der Waals surface area contributed by atoms with Gasteiger partial charge in [0.15, 0.2) is 11.2 Å². The minimum atomic E-state index is -0.555. The first kappa shape index (κ1) is 17.6. The molecule has 0 bridgehead atoms. The van der Waals surface area contributed by atoms with Gasteiger partial charge >= 0.3 is 5.69 Å². The van der Waals surface area contributed by atoms with E-state index in [1.165, 1.54) is 6.92 Å². The van der Waals surface area contributed by atoms with E-state index in [1.54, 1.807) is 25.1 Å². The van der Waals surface area contributed by atoms with Crippen LogP contribution in [0.2, 0.25) is 0 Å². The molecule has 0 aliphatic rings. The summed E-state index contributed by atoms with van der Waals surface area (Å²) in [4.78, 5) is 48.2. The fourth-order valence-corrected chi connectivity index (χ4v) is 3.17. The van der Waals surface area contributed by atoms with E-state index in [4.69, 9.17) is 0 Å². The monoisotopic (exact) mass is 375 g/mol.